The maximum absolute atomic E-state index is 12.2. The lowest BCUT2D eigenvalue weighted by molar-refractivity contribution is 0.0520. The van der Waals surface area contributed by atoms with Gasteiger partial charge in [-0.25, -0.2) is 4.79 Å². The second-order valence-corrected chi connectivity index (χ2v) is 6.86. The van der Waals surface area contributed by atoms with Crippen molar-refractivity contribution >= 4 is 28.2 Å². The second kappa shape index (κ2) is 13.2. The Morgan fingerprint density at radius 3 is 2.19 bits per heavy atom. The van der Waals surface area contributed by atoms with Crippen molar-refractivity contribution in [3.05, 3.63) is 45.2 Å². The molecule has 2 aromatic rings. The molecule has 5 N–H and O–H groups in total. The van der Waals surface area contributed by atoms with Crippen LogP contribution in [0.2, 0.25) is 5.02 Å². The predicted octanol–water partition coefficient (Wildman–Crippen LogP) is 1.09. The number of H-pyrrole nitrogens is 1. The lowest BCUT2D eigenvalue weighted by Gasteiger charge is -2.16. The molecule has 0 fully saturated rings. The van der Waals surface area contributed by atoms with Crippen LogP contribution in [0.5, 0.6) is 0 Å². The highest BCUT2D eigenvalue weighted by atomic mass is 35.5. The van der Waals surface area contributed by atoms with Crippen LogP contribution in [0.3, 0.4) is 0 Å². The minimum Gasteiger partial charge on any atom is -0.461 e. The molecule has 0 bridgehead atoms. The number of aromatic amines is 1. The minimum atomic E-state index is -3.11. The molecule has 12 heteroatoms. The summed E-state index contributed by atoms with van der Waals surface area (Å²) < 4.78 is 30.4. The van der Waals surface area contributed by atoms with Gasteiger partial charge in [0.15, 0.2) is 0 Å². The molecule has 172 valence electrons. The van der Waals surface area contributed by atoms with Gasteiger partial charge in [0.1, 0.15) is 5.69 Å². The molecule has 1 aromatic heterocycles. The third kappa shape index (κ3) is 6.86. The molecule has 1 heterocycles. The van der Waals surface area contributed by atoms with Gasteiger partial charge >= 0.3 is 16.6 Å². The number of benzene rings is 1. The van der Waals surface area contributed by atoms with Crippen molar-refractivity contribution in [3.8, 4) is 11.1 Å². The van der Waals surface area contributed by atoms with Gasteiger partial charge in [0.25, 0.3) is 0 Å². The lowest BCUT2D eigenvalue weighted by atomic mass is 9.92. The number of hydrogen-bond donors (Lipinski definition) is 5. The Bertz CT molecular complexity index is 999. The van der Waals surface area contributed by atoms with Crippen LogP contribution in [0.25, 0.3) is 11.1 Å². The van der Waals surface area contributed by atoms with Gasteiger partial charge in [-0.2, -0.15) is 0 Å². The number of halogens is 1. The molecule has 0 radical (unpaired) electrons. The van der Waals surface area contributed by atoms with Crippen LogP contribution in [0.15, 0.2) is 12.1 Å². The average Bonchev–Trinajstić information content (AvgIpc) is 3.06. The Kier molecular flexibility index (Phi) is 11.4. The summed E-state index contributed by atoms with van der Waals surface area (Å²) in [5.74, 6) is -0.564. The number of carbonyl (C=O) groups is 1. The standard InChI is InChI=1S/C19H25ClN2O5.O3S/c1-3-21-7-15-16(17(20)18(22-15)19(26)27-4-2)12-6-5-11(8-23)13(9-24)14(12)10-25;1-4(2)3/h5-6,21-25H,3-4,7-10H2,1-2H3;. The first-order valence-corrected chi connectivity index (χ1v) is 10.7. The molecule has 0 atom stereocenters. The van der Waals surface area contributed by atoms with Crippen LogP contribution in [0.1, 0.15) is 46.7 Å². The van der Waals surface area contributed by atoms with Gasteiger partial charge < -0.3 is 30.4 Å². The molecular weight excluding hydrogens is 452 g/mol. The van der Waals surface area contributed by atoms with Gasteiger partial charge in [0, 0.05) is 17.8 Å². The molecule has 0 saturated carbocycles. The van der Waals surface area contributed by atoms with E-state index in [1.54, 1.807) is 19.1 Å². The number of esters is 1. The fourth-order valence-corrected chi connectivity index (χ4v) is 3.37. The lowest BCUT2D eigenvalue weighted by Crippen LogP contribution is -2.13. The summed E-state index contributed by atoms with van der Waals surface area (Å²) in [4.78, 5) is 15.3. The number of carbonyl (C=O) groups excluding carboxylic acids is 1. The fraction of sp³-hybridized carbons (Fsp3) is 0.421. The highest BCUT2D eigenvalue weighted by Gasteiger charge is 2.25. The largest absolute Gasteiger partial charge is 0.461 e. The van der Waals surface area contributed by atoms with Gasteiger partial charge in [-0.1, -0.05) is 30.7 Å². The molecule has 2 rings (SSSR count). The van der Waals surface area contributed by atoms with E-state index in [-0.39, 0.29) is 37.1 Å². The number of ether oxygens (including phenoxy) is 1. The highest BCUT2D eigenvalue weighted by Crippen LogP contribution is 2.38. The van der Waals surface area contributed by atoms with Crippen LogP contribution >= 0.6 is 11.6 Å². The smallest absolute Gasteiger partial charge is 0.425 e. The number of hydrogen-bond acceptors (Lipinski definition) is 9. The van der Waals surface area contributed by atoms with Gasteiger partial charge in [-0.3, -0.25) is 0 Å². The van der Waals surface area contributed by atoms with E-state index in [1.807, 2.05) is 6.92 Å². The predicted molar refractivity (Wildman–Crippen MR) is 112 cm³/mol. The third-order valence-corrected chi connectivity index (χ3v) is 4.71. The van der Waals surface area contributed by atoms with Crippen molar-refractivity contribution in [2.45, 2.75) is 40.2 Å². The molecular formula is C19H25ClN2O8S. The summed E-state index contributed by atoms with van der Waals surface area (Å²) >= 11 is 6.52. The number of nitrogens with one attached hydrogen (secondary N) is 2. The molecule has 0 aliphatic heterocycles. The monoisotopic (exact) mass is 476 g/mol. The normalized spacial score (nSPS) is 10.4. The third-order valence-electron chi connectivity index (χ3n) is 4.33. The molecule has 0 spiro atoms. The first-order valence-electron chi connectivity index (χ1n) is 9.28. The van der Waals surface area contributed by atoms with Crippen molar-refractivity contribution in [2.75, 3.05) is 13.2 Å². The topological polar surface area (TPSA) is 166 Å². The molecule has 0 unspecified atom stereocenters. The van der Waals surface area contributed by atoms with Gasteiger partial charge in [0.2, 0.25) is 0 Å². The summed E-state index contributed by atoms with van der Waals surface area (Å²) in [7, 11) is -3.11. The first kappa shape index (κ1) is 26.8. The van der Waals surface area contributed by atoms with Crippen molar-refractivity contribution in [1.29, 1.82) is 0 Å². The van der Waals surface area contributed by atoms with E-state index in [0.29, 0.717) is 46.6 Å². The molecule has 0 amide bonds. The zero-order chi connectivity index (χ0) is 23.6. The van der Waals surface area contributed by atoms with Crippen molar-refractivity contribution in [3.63, 3.8) is 0 Å². The summed E-state index contributed by atoms with van der Waals surface area (Å²) in [6, 6.07) is 3.39. The highest BCUT2D eigenvalue weighted by molar-refractivity contribution is 7.59. The summed E-state index contributed by atoms with van der Waals surface area (Å²) in [6.45, 7) is 4.06. The van der Waals surface area contributed by atoms with E-state index < -0.39 is 16.6 Å². The van der Waals surface area contributed by atoms with E-state index in [4.69, 9.17) is 29.0 Å². The Morgan fingerprint density at radius 2 is 1.71 bits per heavy atom. The Morgan fingerprint density at radius 1 is 1.10 bits per heavy atom. The van der Waals surface area contributed by atoms with Gasteiger partial charge in [-0.15, -0.1) is 12.6 Å². The molecule has 0 aliphatic rings. The van der Waals surface area contributed by atoms with Crippen LogP contribution in [-0.2, 0) is 41.7 Å². The summed E-state index contributed by atoms with van der Waals surface area (Å²) in [5, 5.41) is 32.5. The van der Waals surface area contributed by atoms with E-state index >= 15 is 0 Å². The van der Waals surface area contributed by atoms with E-state index in [2.05, 4.69) is 10.3 Å². The SMILES string of the molecule is CCNCc1[nH]c(C(=O)OCC)c(Cl)c1-c1ccc(CO)c(CO)c1CO.O=S(=O)=O. The summed E-state index contributed by atoms with van der Waals surface area (Å²) in [6.07, 6.45) is 0. The Balaban J connectivity index is 0.00000110. The van der Waals surface area contributed by atoms with Crippen molar-refractivity contribution in [2.24, 2.45) is 0 Å². The minimum absolute atomic E-state index is 0.141. The molecule has 10 nitrogen and oxygen atoms in total. The zero-order valence-electron chi connectivity index (χ0n) is 17.1. The van der Waals surface area contributed by atoms with Gasteiger partial charge in [-0.05, 0) is 35.7 Å². The van der Waals surface area contributed by atoms with Crippen LogP contribution in [0, 0.1) is 0 Å². The fourth-order valence-electron chi connectivity index (χ4n) is 3.03. The van der Waals surface area contributed by atoms with E-state index in [0.717, 1.165) is 0 Å². The molecule has 0 saturated heterocycles. The Labute approximate surface area is 185 Å². The van der Waals surface area contributed by atoms with E-state index in [9.17, 15) is 20.1 Å². The quantitative estimate of drug-likeness (QED) is 0.333. The summed E-state index contributed by atoms with van der Waals surface area (Å²) in [5.41, 5.74) is 3.38. The maximum Gasteiger partial charge on any atom is 0.425 e. The number of aromatic nitrogens is 1. The van der Waals surface area contributed by atoms with Crippen molar-refractivity contribution < 1.29 is 37.5 Å². The molecule has 31 heavy (non-hydrogen) atoms. The zero-order valence-corrected chi connectivity index (χ0v) is 18.6. The number of aliphatic hydroxyl groups excluding tert-OH is 3. The van der Waals surface area contributed by atoms with Gasteiger partial charge in [0.05, 0.1) is 31.5 Å². The number of rotatable bonds is 9. The van der Waals surface area contributed by atoms with Crippen LogP contribution in [0.4, 0.5) is 0 Å². The van der Waals surface area contributed by atoms with Crippen LogP contribution in [-0.4, -0.2) is 52.1 Å². The number of aliphatic hydroxyl groups is 3. The molecule has 0 aliphatic carbocycles. The van der Waals surface area contributed by atoms with Crippen LogP contribution < -0.4 is 5.32 Å². The molecule has 1 aromatic carbocycles. The van der Waals surface area contributed by atoms with E-state index in [1.165, 1.54) is 0 Å². The second-order valence-electron chi connectivity index (χ2n) is 6.08. The first-order chi connectivity index (χ1) is 14.8. The Hall–Kier alpha value is -2.28. The average molecular weight is 477 g/mol. The van der Waals surface area contributed by atoms with Crippen molar-refractivity contribution in [1.82, 2.24) is 10.3 Å². The maximum atomic E-state index is 12.2.